The maximum atomic E-state index is 6.00. The zero-order chi connectivity index (χ0) is 15.6. The molecule has 0 aliphatic rings. The fraction of sp³-hybridized carbons (Fsp3) is 0. The molecule has 0 saturated carbocycles. The first-order valence-corrected chi connectivity index (χ1v) is 7.62. The summed E-state index contributed by atoms with van der Waals surface area (Å²) in [5, 5.41) is 1.54. The van der Waals surface area contributed by atoms with Crippen LogP contribution in [-0.2, 0) is 0 Å². The average Bonchev–Trinajstić information content (AvgIpc) is 2.47. The van der Waals surface area contributed by atoms with Gasteiger partial charge in [-0.1, -0.05) is 69.6 Å². The predicted octanol–water partition coefficient (Wildman–Crippen LogP) is 7.74. The number of hydrogen-bond donors (Lipinski definition) is 0. The quantitative estimate of drug-likeness (QED) is 0.363. The Balaban J connectivity index is 2.38. The molecule has 0 spiro atoms. The second kappa shape index (κ2) is 7.21. The van der Waals surface area contributed by atoms with Crippen molar-refractivity contribution in [2.75, 3.05) is 0 Å². The molecular formula is C13H4Cl6N2. The van der Waals surface area contributed by atoms with Crippen LogP contribution in [0.2, 0.25) is 30.1 Å². The summed E-state index contributed by atoms with van der Waals surface area (Å²) >= 11 is 35.5. The lowest BCUT2D eigenvalue weighted by molar-refractivity contribution is 1.49. The Morgan fingerprint density at radius 1 is 0.571 bits per heavy atom. The fourth-order valence-corrected chi connectivity index (χ4v) is 2.48. The van der Waals surface area contributed by atoms with Crippen LogP contribution in [0, 0.1) is 0 Å². The first-order chi connectivity index (χ1) is 9.91. The largest absolute Gasteiger partial charge is 0.186 e. The van der Waals surface area contributed by atoms with Crippen LogP contribution < -0.4 is 0 Å². The van der Waals surface area contributed by atoms with Crippen molar-refractivity contribution in [2.24, 2.45) is 9.98 Å². The molecule has 0 N–H and O–H groups in total. The van der Waals surface area contributed by atoms with Crippen molar-refractivity contribution in [3.63, 3.8) is 0 Å². The van der Waals surface area contributed by atoms with Gasteiger partial charge < -0.3 is 0 Å². The molecule has 21 heavy (non-hydrogen) atoms. The van der Waals surface area contributed by atoms with Crippen LogP contribution in [0.1, 0.15) is 0 Å². The van der Waals surface area contributed by atoms with Crippen molar-refractivity contribution in [3.8, 4) is 0 Å². The van der Waals surface area contributed by atoms with Gasteiger partial charge in [0.25, 0.3) is 0 Å². The van der Waals surface area contributed by atoms with Gasteiger partial charge in [-0.05, 0) is 24.3 Å². The minimum absolute atomic E-state index is 0.215. The minimum Gasteiger partial charge on any atom is -0.186 e. The van der Waals surface area contributed by atoms with E-state index in [4.69, 9.17) is 69.6 Å². The molecule has 0 unspecified atom stereocenters. The molecule has 2 aromatic carbocycles. The molecule has 2 rings (SSSR count). The monoisotopic (exact) mass is 398 g/mol. The van der Waals surface area contributed by atoms with Gasteiger partial charge in [-0.25, -0.2) is 0 Å². The molecule has 0 radical (unpaired) electrons. The smallest absolute Gasteiger partial charge is 0.101 e. The van der Waals surface area contributed by atoms with E-state index >= 15 is 0 Å². The summed E-state index contributed by atoms with van der Waals surface area (Å²) in [6.45, 7) is 0. The lowest BCUT2D eigenvalue weighted by atomic mass is 10.3. The van der Waals surface area contributed by atoms with Crippen LogP contribution in [0.5, 0.6) is 0 Å². The normalized spacial score (nSPS) is 10.2. The third-order valence-electron chi connectivity index (χ3n) is 2.37. The van der Waals surface area contributed by atoms with Crippen LogP contribution in [0.25, 0.3) is 0 Å². The SMILES string of the molecule is Clc1ccc(N=C=Nc2ccc(Cl)c(Cl)c2Cl)c(Cl)c1Cl. The number of hydrogen-bond acceptors (Lipinski definition) is 2. The number of halogens is 6. The lowest BCUT2D eigenvalue weighted by Gasteiger charge is -2.01. The van der Waals surface area contributed by atoms with Gasteiger partial charge in [0.15, 0.2) is 0 Å². The van der Waals surface area contributed by atoms with E-state index in [0.29, 0.717) is 21.4 Å². The Morgan fingerprint density at radius 3 is 1.33 bits per heavy atom. The summed E-state index contributed by atoms with van der Waals surface area (Å²) < 4.78 is 0. The first kappa shape index (κ1) is 16.9. The molecule has 0 atom stereocenters. The zero-order valence-corrected chi connectivity index (χ0v) is 14.5. The Hall–Kier alpha value is -0.440. The van der Waals surface area contributed by atoms with Gasteiger partial charge in [0.1, 0.15) is 6.01 Å². The standard InChI is InChI=1S/C13H4Cl6N2/c14-6-1-3-8(12(18)10(6)16)20-5-21-9-4-2-7(15)11(17)13(9)19/h1-4H. The fourth-order valence-electron chi connectivity index (χ4n) is 1.34. The number of aliphatic imine (C=N–C) groups is 2. The molecule has 0 amide bonds. The van der Waals surface area contributed by atoms with Crippen molar-refractivity contribution in [2.45, 2.75) is 0 Å². The summed E-state index contributed by atoms with van der Waals surface area (Å²) in [6, 6.07) is 8.80. The number of nitrogens with zero attached hydrogens (tertiary/aromatic N) is 2. The van der Waals surface area contributed by atoms with E-state index in [0.717, 1.165) is 0 Å². The summed E-state index contributed by atoms with van der Waals surface area (Å²) in [5.41, 5.74) is 0.761. The van der Waals surface area contributed by atoms with E-state index in [1.807, 2.05) is 0 Å². The van der Waals surface area contributed by atoms with Crippen molar-refractivity contribution in [3.05, 3.63) is 54.4 Å². The van der Waals surface area contributed by atoms with Crippen LogP contribution in [0.4, 0.5) is 11.4 Å². The van der Waals surface area contributed by atoms with Crippen LogP contribution in [0.15, 0.2) is 34.3 Å². The predicted molar refractivity (Wildman–Crippen MR) is 92.1 cm³/mol. The van der Waals surface area contributed by atoms with Gasteiger partial charge in [-0.2, -0.15) is 9.98 Å². The molecule has 108 valence electrons. The molecule has 2 nitrogen and oxygen atoms in total. The Labute approximate surface area is 150 Å². The second-order valence-corrected chi connectivity index (χ2v) is 6.04. The van der Waals surface area contributed by atoms with Gasteiger partial charge in [-0.3, -0.25) is 0 Å². The highest BCUT2D eigenvalue weighted by molar-refractivity contribution is 6.49. The van der Waals surface area contributed by atoms with Crippen LogP contribution in [0.3, 0.4) is 0 Å². The van der Waals surface area contributed by atoms with Crippen LogP contribution >= 0.6 is 69.6 Å². The van der Waals surface area contributed by atoms with Gasteiger partial charge in [0, 0.05) is 0 Å². The molecule has 2 aromatic rings. The molecule has 0 heterocycles. The molecular weight excluding hydrogens is 397 g/mol. The van der Waals surface area contributed by atoms with E-state index in [1.54, 1.807) is 24.3 Å². The lowest BCUT2D eigenvalue weighted by Crippen LogP contribution is -1.74. The van der Waals surface area contributed by atoms with Crippen molar-refractivity contribution < 1.29 is 0 Å². The molecule has 0 bridgehead atoms. The highest BCUT2D eigenvalue weighted by Gasteiger charge is 2.08. The Kier molecular flexibility index (Phi) is 5.81. The number of benzene rings is 2. The average molecular weight is 401 g/mol. The van der Waals surface area contributed by atoms with Gasteiger partial charge >= 0.3 is 0 Å². The third kappa shape index (κ3) is 3.85. The first-order valence-electron chi connectivity index (χ1n) is 5.35. The summed E-state index contributed by atoms with van der Waals surface area (Å²) in [6.07, 6.45) is 0. The second-order valence-electron chi connectivity index (χ2n) is 3.71. The van der Waals surface area contributed by atoms with E-state index in [9.17, 15) is 0 Å². The third-order valence-corrected chi connectivity index (χ3v) is 4.94. The van der Waals surface area contributed by atoms with E-state index in [1.165, 1.54) is 0 Å². The summed E-state index contributed by atoms with van der Waals surface area (Å²) in [4.78, 5) is 7.94. The van der Waals surface area contributed by atoms with Crippen LogP contribution in [-0.4, -0.2) is 6.01 Å². The molecule has 8 heteroatoms. The molecule has 0 aromatic heterocycles. The zero-order valence-electron chi connectivity index (χ0n) is 9.97. The Bertz CT molecular complexity index is 704. The maximum absolute atomic E-state index is 6.00. The number of rotatable bonds is 2. The topological polar surface area (TPSA) is 24.7 Å². The van der Waals surface area contributed by atoms with Crippen molar-refractivity contribution in [1.29, 1.82) is 0 Å². The highest BCUT2D eigenvalue weighted by Crippen LogP contribution is 2.38. The molecule has 0 saturated heterocycles. The van der Waals surface area contributed by atoms with E-state index in [2.05, 4.69) is 16.0 Å². The van der Waals surface area contributed by atoms with Gasteiger partial charge in [0.2, 0.25) is 0 Å². The highest BCUT2D eigenvalue weighted by atomic mass is 35.5. The summed E-state index contributed by atoms with van der Waals surface area (Å²) in [5.74, 6) is 0. The molecule has 0 fully saturated rings. The van der Waals surface area contributed by atoms with Gasteiger partial charge in [-0.15, -0.1) is 0 Å². The van der Waals surface area contributed by atoms with E-state index in [-0.39, 0.29) is 20.1 Å². The minimum atomic E-state index is 0.215. The maximum Gasteiger partial charge on any atom is 0.101 e. The van der Waals surface area contributed by atoms with Crippen molar-refractivity contribution in [1.82, 2.24) is 0 Å². The van der Waals surface area contributed by atoms with Crippen molar-refractivity contribution >= 4 is 87.0 Å². The van der Waals surface area contributed by atoms with Gasteiger partial charge in [0.05, 0.1) is 41.5 Å². The summed E-state index contributed by atoms with van der Waals surface area (Å²) in [7, 11) is 0. The molecule has 0 aliphatic heterocycles. The van der Waals surface area contributed by atoms with E-state index < -0.39 is 0 Å². The molecule has 0 aliphatic carbocycles. The Morgan fingerprint density at radius 2 is 0.952 bits per heavy atom.